The van der Waals surface area contributed by atoms with E-state index in [1.54, 1.807) is 30.3 Å². The lowest BCUT2D eigenvalue weighted by Crippen LogP contribution is -2.29. The zero-order valence-electron chi connectivity index (χ0n) is 23.7. The quantitative estimate of drug-likeness (QED) is 0.204. The molecule has 3 aromatic rings. The molecule has 1 heterocycles. The number of hydrogen-bond donors (Lipinski definition) is 1. The average Bonchev–Trinajstić information content (AvgIpc) is 3.17. The Morgan fingerprint density at radius 1 is 0.974 bits per heavy atom. The summed E-state index contributed by atoms with van der Waals surface area (Å²) in [6, 6.07) is 19.6. The summed E-state index contributed by atoms with van der Waals surface area (Å²) in [6.07, 6.45) is 0.857. The van der Waals surface area contributed by atoms with Crippen LogP contribution in [0.4, 0.5) is 5.69 Å². The van der Waals surface area contributed by atoms with Gasteiger partial charge in [0, 0.05) is 5.69 Å². The summed E-state index contributed by atoms with van der Waals surface area (Å²) in [7, 11) is 1.52. The normalized spacial score (nSPS) is 17.1. The minimum absolute atomic E-state index is 0.000926. The number of ketones is 1. The van der Waals surface area contributed by atoms with E-state index in [9.17, 15) is 14.7 Å². The highest BCUT2D eigenvalue weighted by molar-refractivity contribution is 6.51. The first-order valence-corrected chi connectivity index (χ1v) is 13.3. The van der Waals surface area contributed by atoms with Crippen LogP contribution in [0.2, 0.25) is 0 Å². The number of ether oxygens (including phenoxy) is 2. The van der Waals surface area contributed by atoms with E-state index in [4.69, 9.17) is 9.47 Å². The van der Waals surface area contributed by atoms with Crippen molar-refractivity contribution in [3.8, 4) is 11.5 Å². The number of hydrogen-bond acceptors (Lipinski definition) is 5. The first kappa shape index (κ1) is 28.0. The summed E-state index contributed by atoms with van der Waals surface area (Å²) in [5.41, 5.74) is 3.54. The molecule has 0 aliphatic carbocycles. The Labute approximate surface area is 230 Å². The molecule has 1 saturated heterocycles. The molecule has 204 valence electrons. The zero-order valence-corrected chi connectivity index (χ0v) is 23.7. The van der Waals surface area contributed by atoms with Crippen molar-refractivity contribution in [3.05, 3.63) is 94.6 Å². The third-order valence-corrected chi connectivity index (χ3v) is 6.96. The molecule has 1 unspecified atom stereocenters. The van der Waals surface area contributed by atoms with Crippen molar-refractivity contribution >= 4 is 23.1 Å². The molecule has 0 bridgehead atoms. The molecule has 1 fully saturated rings. The Balaban J connectivity index is 1.93. The summed E-state index contributed by atoms with van der Waals surface area (Å²) in [6.45, 7) is 12.2. The van der Waals surface area contributed by atoms with Crippen molar-refractivity contribution in [3.63, 3.8) is 0 Å². The number of carbonyl (C=O) groups excluding carboxylic acids is 2. The summed E-state index contributed by atoms with van der Waals surface area (Å²) in [4.78, 5) is 28.7. The third kappa shape index (κ3) is 5.56. The molecule has 0 aromatic heterocycles. The van der Waals surface area contributed by atoms with Gasteiger partial charge >= 0.3 is 0 Å². The number of aryl methyl sites for hydroxylation is 1. The Morgan fingerprint density at radius 2 is 1.62 bits per heavy atom. The number of benzene rings is 3. The van der Waals surface area contributed by atoms with Crippen LogP contribution in [0.15, 0.2) is 72.3 Å². The van der Waals surface area contributed by atoms with E-state index < -0.39 is 17.7 Å². The molecular weight excluding hydrogens is 490 g/mol. The van der Waals surface area contributed by atoms with Crippen LogP contribution in [0.1, 0.15) is 69.8 Å². The number of anilines is 1. The van der Waals surface area contributed by atoms with Gasteiger partial charge in [0.05, 0.1) is 30.4 Å². The fraction of sp³-hybridized carbons (Fsp3) is 0.333. The number of carbonyl (C=O) groups is 2. The highest BCUT2D eigenvalue weighted by atomic mass is 16.5. The average molecular weight is 528 g/mol. The molecule has 1 aliphatic rings. The zero-order chi connectivity index (χ0) is 28.5. The molecule has 0 radical (unpaired) electrons. The van der Waals surface area contributed by atoms with Gasteiger partial charge in [0.15, 0.2) is 0 Å². The second-order valence-electron chi connectivity index (χ2n) is 11.1. The summed E-state index contributed by atoms with van der Waals surface area (Å²) >= 11 is 0. The molecule has 1 N–H and O–H groups in total. The minimum Gasteiger partial charge on any atom is -0.507 e. The monoisotopic (exact) mass is 527 g/mol. The van der Waals surface area contributed by atoms with Crippen LogP contribution in [-0.4, -0.2) is 30.0 Å². The van der Waals surface area contributed by atoms with Crippen LogP contribution in [0.3, 0.4) is 0 Å². The molecule has 0 saturated carbocycles. The van der Waals surface area contributed by atoms with Crippen molar-refractivity contribution in [2.24, 2.45) is 0 Å². The van der Waals surface area contributed by atoms with Gasteiger partial charge in [-0.05, 0) is 78.8 Å². The van der Waals surface area contributed by atoms with E-state index in [0.717, 1.165) is 23.1 Å². The van der Waals surface area contributed by atoms with E-state index in [1.807, 2.05) is 50.2 Å². The first-order valence-electron chi connectivity index (χ1n) is 13.3. The van der Waals surface area contributed by atoms with Gasteiger partial charge in [0.1, 0.15) is 17.3 Å². The maximum atomic E-state index is 13.6. The molecule has 1 atom stereocenters. The van der Waals surface area contributed by atoms with E-state index >= 15 is 0 Å². The fourth-order valence-electron chi connectivity index (χ4n) is 4.81. The molecule has 6 heteroatoms. The standard InChI is InChI=1S/C33H37NO5/c1-8-21-9-11-22(12-10-21)29-28(30(35)26-19-23(33(4,5)6)13-18-27(26)38-7)31(36)32(37)34(29)24-14-16-25(17-15-24)39-20(2)3/h9-20,29,35H,8H2,1-7H3/b30-28+. The van der Waals surface area contributed by atoms with Crippen LogP contribution < -0.4 is 14.4 Å². The second-order valence-corrected chi connectivity index (χ2v) is 11.1. The minimum atomic E-state index is -0.823. The number of aliphatic hydroxyl groups is 1. The topological polar surface area (TPSA) is 76.1 Å². The lowest BCUT2D eigenvalue weighted by Gasteiger charge is -2.26. The first-order chi connectivity index (χ1) is 18.5. The van der Waals surface area contributed by atoms with Gasteiger partial charge in [-0.25, -0.2) is 0 Å². The summed E-state index contributed by atoms with van der Waals surface area (Å²) < 4.78 is 11.3. The molecule has 0 spiro atoms. The Kier molecular flexibility index (Phi) is 7.86. The van der Waals surface area contributed by atoms with Crippen molar-refractivity contribution in [1.82, 2.24) is 0 Å². The van der Waals surface area contributed by atoms with Crippen LogP contribution >= 0.6 is 0 Å². The lowest BCUT2D eigenvalue weighted by atomic mass is 9.85. The van der Waals surface area contributed by atoms with Gasteiger partial charge < -0.3 is 14.6 Å². The maximum Gasteiger partial charge on any atom is 0.300 e. The largest absolute Gasteiger partial charge is 0.507 e. The lowest BCUT2D eigenvalue weighted by molar-refractivity contribution is -0.132. The van der Waals surface area contributed by atoms with Gasteiger partial charge in [-0.1, -0.05) is 58.0 Å². The predicted molar refractivity (Wildman–Crippen MR) is 155 cm³/mol. The number of Topliss-reactive ketones (excluding diaryl/α,β-unsaturated/α-hetero) is 1. The molecule has 6 nitrogen and oxygen atoms in total. The second kappa shape index (κ2) is 11.0. The maximum absolute atomic E-state index is 13.6. The molecule has 4 rings (SSSR count). The van der Waals surface area contributed by atoms with E-state index in [-0.39, 0.29) is 22.9 Å². The SMILES string of the molecule is CCc1ccc(C2/C(=C(\O)c3cc(C(C)(C)C)ccc3OC)C(=O)C(=O)N2c2ccc(OC(C)C)cc2)cc1. The van der Waals surface area contributed by atoms with Crippen molar-refractivity contribution in [1.29, 1.82) is 0 Å². The van der Waals surface area contributed by atoms with Gasteiger partial charge in [0.2, 0.25) is 0 Å². The summed E-state index contributed by atoms with van der Waals surface area (Å²) in [5.74, 6) is -0.629. The van der Waals surface area contributed by atoms with Crippen molar-refractivity contribution in [2.45, 2.75) is 65.5 Å². The van der Waals surface area contributed by atoms with Crippen LogP contribution in [0.25, 0.3) is 5.76 Å². The Bertz CT molecular complexity index is 1400. The van der Waals surface area contributed by atoms with Gasteiger partial charge in [-0.15, -0.1) is 0 Å². The van der Waals surface area contributed by atoms with Crippen LogP contribution in [0, 0.1) is 0 Å². The van der Waals surface area contributed by atoms with Crippen molar-refractivity contribution < 1.29 is 24.2 Å². The molecule has 1 amide bonds. The molecule has 1 aliphatic heterocycles. The van der Waals surface area contributed by atoms with Crippen molar-refractivity contribution in [2.75, 3.05) is 12.0 Å². The highest BCUT2D eigenvalue weighted by Gasteiger charge is 2.47. The molecule has 3 aromatic carbocycles. The third-order valence-electron chi connectivity index (χ3n) is 6.96. The molecular formula is C33H37NO5. The van der Waals surface area contributed by atoms with E-state index in [2.05, 4.69) is 27.7 Å². The van der Waals surface area contributed by atoms with Gasteiger partial charge in [-0.2, -0.15) is 0 Å². The number of aliphatic hydroxyl groups excluding tert-OH is 1. The van der Waals surface area contributed by atoms with E-state index in [0.29, 0.717) is 22.7 Å². The molecule has 39 heavy (non-hydrogen) atoms. The fourth-order valence-corrected chi connectivity index (χ4v) is 4.81. The Hall–Kier alpha value is -4.06. The van der Waals surface area contributed by atoms with E-state index in [1.165, 1.54) is 12.0 Å². The Morgan fingerprint density at radius 3 is 2.15 bits per heavy atom. The number of amides is 1. The number of nitrogens with zero attached hydrogens (tertiary/aromatic N) is 1. The smallest absolute Gasteiger partial charge is 0.300 e. The van der Waals surface area contributed by atoms with Gasteiger partial charge in [-0.3, -0.25) is 14.5 Å². The highest BCUT2D eigenvalue weighted by Crippen LogP contribution is 2.44. The predicted octanol–water partition coefficient (Wildman–Crippen LogP) is 6.97. The van der Waals surface area contributed by atoms with Gasteiger partial charge in [0.25, 0.3) is 11.7 Å². The summed E-state index contributed by atoms with van der Waals surface area (Å²) in [5, 5.41) is 11.7. The number of methoxy groups -OCH3 is 1. The van der Waals surface area contributed by atoms with Crippen LogP contribution in [0.5, 0.6) is 11.5 Å². The number of rotatable bonds is 7. The van der Waals surface area contributed by atoms with Crippen LogP contribution in [-0.2, 0) is 21.4 Å².